The average Bonchev–Trinajstić information content (AvgIpc) is 3.21. The zero-order chi connectivity index (χ0) is 21.9. The number of rotatable bonds is 7. The Bertz CT molecular complexity index is 1390. The van der Waals surface area contributed by atoms with Gasteiger partial charge < -0.3 is 14.8 Å². The SMILES string of the molecule is FC(F)Oc1ccccc1CNc1nc2ccc(Oc3ccnc4ccccc34)cc2s1. The van der Waals surface area contributed by atoms with Gasteiger partial charge in [0.2, 0.25) is 0 Å². The molecule has 5 aromatic rings. The van der Waals surface area contributed by atoms with E-state index in [1.165, 1.54) is 17.4 Å². The Kier molecular flexibility index (Phi) is 5.51. The lowest BCUT2D eigenvalue weighted by Gasteiger charge is -2.10. The van der Waals surface area contributed by atoms with E-state index >= 15 is 0 Å². The van der Waals surface area contributed by atoms with E-state index in [1.807, 2.05) is 48.5 Å². The van der Waals surface area contributed by atoms with Gasteiger partial charge in [-0.15, -0.1) is 0 Å². The predicted octanol–water partition coefficient (Wildman–Crippen LogP) is 6.85. The Labute approximate surface area is 186 Å². The van der Waals surface area contributed by atoms with Gasteiger partial charge in [0.1, 0.15) is 17.2 Å². The van der Waals surface area contributed by atoms with Crippen LogP contribution in [0.1, 0.15) is 5.56 Å². The van der Waals surface area contributed by atoms with Gasteiger partial charge in [-0.25, -0.2) is 4.98 Å². The van der Waals surface area contributed by atoms with Crippen molar-refractivity contribution < 1.29 is 18.3 Å². The van der Waals surface area contributed by atoms with Crippen molar-refractivity contribution in [3.8, 4) is 17.2 Å². The van der Waals surface area contributed by atoms with Crippen LogP contribution in [-0.2, 0) is 6.54 Å². The number of hydrogen-bond donors (Lipinski definition) is 1. The first-order valence-corrected chi connectivity index (χ1v) is 10.7. The number of benzene rings is 3. The summed E-state index contributed by atoms with van der Waals surface area (Å²) in [7, 11) is 0. The van der Waals surface area contributed by atoms with Crippen molar-refractivity contribution in [3.05, 3.63) is 84.6 Å². The highest BCUT2D eigenvalue weighted by molar-refractivity contribution is 7.22. The minimum atomic E-state index is -2.87. The summed E-state index contributed by atoms with van der Waals surface area (Å²) in [6, 6.07) is 22.0. The van der Waals surface area contributed by atoms with Gasteiger partial charge in [0.25, 0.3) is 0 Å². The Morgan fingerprint density at radius 1 is 0.906 bits per heavy atom. The van der Waals surface area contributed by atoms with Gasteiger partial charge in [0.15, 0.2) is 5.13 Å². The third-order valence-corrected chi connectivity index (χ3v) is 5.79. The Balaban J connectivity index is 1.35. The molecule has 0 radical (unpaired) electrons. The molecule has 0 spiro atoms. The molecule has 0 aliphatic rings. The second kappa shape index (κ2) is 8.76. The lowest BCUT2D eigenvalue weighted by Crippen LogP contribution is -2.07. The van der Waals surface area contributed by atoms with Crippen molar-refractivity contribution in [2.24, 2.45) is 0 Å². The largest absolute Gasteiger partial charge is 0.457 e. The van der Waals surface area contributed by atoms with Crippen molar-refractivity contribution in [3.63, 3.8) is 0 Å². The standard InChI is InChI=1S/C24H17F2N3O2S/c25-23(26)31-20-8-4-1-5-15(20)14-28-24-29-19-10-9-16(13-22(19)32-24)30-21-11-12-27-18-7-3-2-6-17(18)21/h1-13,23H,14H2,(H,28,29). The number of nitrogens with one attached hydrogen (secondary N) is 1. The fraction of sp³-hybridized carbons (Fsp3) is 0.0833. The van der Waals surface area contributed by atoms with Gasteiger partial charge in [-0.2, -0.15) is 8.78 Å². The molecule has 0 bridgehead atoms. The molecule has 0 unspecified atom stereocenters. The van der Waals surface area contributed by atoms with Crippen LogP contribution in [0.2, 0.25) is 0 Å². The molecular weight excluding hydrogens is 432 g/mol. The lowest BCUT2D eigenvalue weighted by atomic mass is 10.2. The number of thiazole rings is 1. The number of fused-ring (bicyclic) bond motifs is 2. The summed E-state index contributed by atoms with van der Waals surface area (Å²) in [5.74, 6) is 1.57. The number of anilines is 1. The molecule has 160 valence electrons. The number of pyridine rings is 1. The molecule has 0 atom stereocenters. The molecular formula is C24H17F2N3O2S. The van der Waals surface area contributed by atoms with Crippen LogP contribution in [0, 0.1) is 0 Å². The van der Waals surface area contributed by atoms with E-state index < -0.39 is 6.61 Å². The van der Waals surface area contributed by atoms with Crippen LogP contribution in [-0.4, -0.2) is 16.6 Å². The Morgan fingerprint density at radius 3 is 2.66 bits per heavy atom. The number of alkyl halides is 2. The topological polar surface area (TPSA) is 56.3 Å². The van der Waals surface area contributed by atoms with Crippen LogP contribution in [0.3, 0.4) is 0 Å². The molecule has 5 rings (SSSR count). The zero-order valence-electron chi connectivity index (χ0n) is 16.7. The van der Waals surface area contributed by atoms with Crippen LogP contribution in [0.5, 0.6) is 17.2 Å². The van der Waals surface area contributed by atoms with Gasteiger partial charge in [0, 0.05) is 29.8 Å². The highest BCUT2D eigenvalue weighted by atomic mass is 32.1. The van der Waals surface area contributed by atoms with Gasteiger partial charge >= 0.3 is 6.61 Å². The fourth-order valence-electron chi connectivity index (χ4n) is 3.36. The highest BCUT2D eigenvalue weighted by Crippen LogP contribution is 2.34. The van der Waals surface area contributed by atoms with Crippen LogP contribution >= 0.6 is 11.3 Å². The lowest BCUT2D eigenvalue weighted by molar-refractivity contribution is -0.0504. The summed E-state index contributed by atoms with van der Waals surface area (Å²) in [6.45, 7) is -2.55. The number of hydrogen-bond acceptors (Lipinski definition) is 6. The van der Waals surface area contributed by atoms with E-state index in [4.69, 9.17) is 4.74 Å². The first kappa shape index (κ1) is 20.1. The summed E-state index contributed by atoms with van der Waals surface area (Å²) >= 11 is 1.46. The molecule has 2 aromatic heterocycles. The molecule has 0 saturated carbocycles. The number of halogens is 2. The molecule has 3 aromatic carbocycles. The molecule has 0 aliphatic heterocycles. The quantitative estimate of drug-likeness (QED) is 0.294. The molecule has 32 heavy (non-hydrogen) atoms. The third-order valence-electron chi connectivity index (χ3n) is 4.82. The number of ether oxygens (including phenoxy) is 2. The number of aromatic nitrogens is 2. The molecule has 0 fully saturated rings. The Hall–Kier alpha value is -3.78. The van der Waals surface area contributed by atoms with Crippen LogP contribution in [0.4, 0.5) is 13.9 Å². The van der Waals surface area contributed by atoms with Gasteiger partial charge in [-0.05, 0) is 36.4 Å². The molecule has 2 heterocycles. The van der Waals surface area contributed by atoms with Crippen molar-refractivity contribution in [1.29, 1.82) is 0 Å². The second-order valence-electron chi connectivity index (χ2n) is 6.92. The summed E-state index contributed by atoms with van der Waals surface area (Å²) in [5.41, 5.74) is 2.31. The first-order chi connectivity index (χ1) is 15.7. The van der Waals surface area contributed by atoms with Crippen molar-refractivity contribution >= 4 is 37.6 Å². The van der Waals surface area contributed by atoms with Gasteiger partial charge in [-0.3, -0.25) is 4.98 Å². The number of para-hydroxylation sites is 2. The second-order valence-corrected chi connectivity index (χ2v) is 7.95. The summed E-state index contributed by atoms with van der Waals surface area (Å²) in [4.78, 5) is 8.93. The third kappa shape index (κ3) is 4.31. The summed E-state index contributed by atoms with van der Waals surface area (Å²) < 4.78 is 36.9. The highest BCUT2D eigenvalue weighted by Gasteiger charge is 2.11. The summed E-state index contributed by atoms with van der Waals surface area (Å²) in [5, 5.41) is 4.81. The van der Waals surface area contributed by atoms with Crippen LogP contribution in [0.25, 0.3) is 21.1 Å². The van der Waals surface area contributed by atoms with Crippen molar-refractivity contribution in [1.82, 2.24) is 9.97 Å². The van der Waals surface area contributed by atoms with E-state index in [9.17, 15) is 8.78 Å². The van der Waals surface area contributed by atoms with Crippen molar-refractivity contribution in [2.45, 2.75) is 13.2 Å². The van der Waals surface area contributed by atoms with E-state index in [-0.39, 0.29) is 5.75 Å². The Morgan fingerprint density at radius 2 is 1.75 bits per heavy atom. The van der Waals surface area contributed by atoms with E-state index in [2.05, 4.69) is 20.0 Å². The average molecular weight is 449 g/mol. The molecule has 0 aliphatic carbocycles. The van der Waals surface area contributed by atoms with E-state index in [1.54, 1.807) is 24.4 Å². The molecule has 0 saturated heterocycles. The molecule has 8 heteroatoms. The van der Waals surface area contributed by atoms with Crippen LogP contribution in [0.15, 0.2) is 79.0 Å². The number of nitrogens with zero attached hydrogens (tertiary/aromatic N) is 2. The minimum absolute atomic E-state index is 0.149. The maximum absolute atomic E-state index is 12.6. The fourth-order valence-corrected chi connectivity index (χ4v) is 4.25. The van der Waals surface area contributed by atoms with E-state index in [0.717, 1.165) is 26.9 Å². The van der Waals surface area contributed by atoms with Crippen LogP contribution < -0.4 is 14.8 Å². The maximum atomic E-state index is 12.6. The predicted molar refractivity (Wildman–Crippen MR) is 122 cm³/mol. The van der Waals surface area contributed by atoms with Gasteiger partial charge in [-0.1, -0.05) is 41.7 Å². The minimum Gasteiger partial charge on any atom is -0.457 e. The van der Waals surface area contributed by atoms with E-state index in [0.29, 0.717) is 23.0 Å². The molecule has 5 nitrogen and oxygen atoms in total. The zero-order valence-corrected chi connectivity index (χ0v) is 17.5. The monoisotopic (exact) mass is 449 g/mol. The summed E-state index contributed by atoms with van der Waals surface area (Å²) in [6.07, 6.45) is 1.72. The smallest absolute Gasteiger partial charge is 0.387 e. The van der Waals surface area contributed by atoms with Crippen molar-refractivity contribution in [2.75, 3.05) is 5.32 Å². The van der Waals surface area contributed by atoms with Gasteiger partial charge in [0.05, 0.1) is 15.7 Å². The molecule has 1 N–H and O–H groups in total. The molecule has 0 amide bonds. The maximum Gasteiger partial charge on any atom is 0.387 e. The first-order valence-electron chi connectivity index (χ1n) is 9.84. The normalized spacial score (nSPS) is 11.2.